The van der Waals surface area contributed by atoms with Gasteiger partial charge in [0.2, 0.25) is 0 Å². The molecule has 1 atom stereocenters. The molecule has 0 fully saturated rings. The molecule has 2 aromatic heterocycles. The Hall–Kier alpha value is -1.96. The standard InChI is InChI=1S/C30H35BrN2O2S2/c1-4-7-10-20(6-3)18-32-26(21-11-9-17-36-21)24-25(28(32)34)27(22-12-13-23(31)37-22)33(29(24)35)19-30(15-16-30)14-8-5-2/h9,11-13,15-17,20H,4-8,10,14,18-19H2,1-3H3. The van der Waals surface area contributed by atoms with Crippen molar-refractivity contribution in [2.24, 2.45) is 11.3 Å². The van der Waals surface area contributed by atoms with Gasteiger partial charge in [-0.25, -0.2) is 0 Å². The SMILES string of the molecule is CCCCC(CC)CN1C(=O)C2=C(c3ccc(Br)s3)N(CC3(CCCC)C=C3)C(=O)C2=C1c1cccs1. The second-order valence-electron chi connectivity index (χ2n) is 10.4. The molecule has 0 radical (unpaired) electrons. The van der Waals surface area contributed by atoms with Gasteiger partial charge in [-0.3, -0.25) is 9.59 Å². The zero-order valence-electron chi connectivity index (χ0n) is 21.9. The number of fused-ring (bicyclic) bond motifs is 1. The van der Waals surface area contributed by atoms with Gasteiger partial charge in [0.25, 0.3) is 11.8 Å². The summed E-state index contributed by atoms with van der Waals surface area (Å²) < 4.78 is 0.997. The molecule has 0 bridgehead atoms. The topological polar surface area (TPSA) is 40.6 Å². The number of unbranched alkanes of at least 4 members (excludes halogenated alkanes) is 2. The smallest absolute Gasteiger partial charge is 0.261 e. The maximum atomic E-state index is 14.3. The molecule has 1 aliphatic carbocycles. The van der Waals surface area contributed by atoms with Crippen LogP contribution < -0.4 is 0 Å². The lowest BCUT2D eigenvalue weighted by atomic mass is 9.95. The third-order valence-corrected chi connectivity index (χ3v) is 10.3. The Morgan fingerprint density at radius 3 is 2.19 bits per heavy atom. The number of halogens is 1. The van der Waals surface area contributed by atoms with E-state index in [0.717, 1.165) is 69.9 Å². The summed E-state index contributed by atoms with van der Waals surface area (Å²) in [6.45, 7) is 7.88. The monoisotopic (exact) mass is 598 g/mol. The van der Waals surface area contributed by atoms with Crippen LogP contribution in [0, 0.1) is 11.3 Å². The normalized spacial score (nSPS) is 19.0. The maximum absolute atomic E-state index is 14.3. The van der Waals surface area contributed by atoms with E-state index in [1.54, 1.807) is 22.7 Å². The number of hydrogen-bond acceptors (Lipinski definition) is 4. The number of carbonyl (C=O) groups is 2. The lowest BCUT2D eigenvalue weighted by molar-refractivity contribution is -0.124. The minimum absolute atomic E-state index is 0.0184. The number of nitrogens with zero attached hydrogens (tertiary/aromatic N) is 2. The first-order valence-electron chi connectivity index (χ1n) is 13.6. The lowest BCUT2D eigenvalue weighted by Crippen LogP contribution is -2.35. The molecule has 2 amide bonds. The zero-order valence-corrected chi connectivity index (χ0v) is 25.1. The molecule has 0 aromatic carbocycles. The van der Waals surface area contributed by atoms with Crippen LogP contribution in [0.3, 0.4) is 0 Å². The molecule has 0 N–H and O–H groups in total. The van der Waals surface area contributed by atoms with Crippen LogP contribution in [-0.4, -0.2) is 34.7 Å². The minimum atomic E-state index is -0.0511. The summed E-state index contributed by atoms with van der Waals surface area (Å²) in [7, 11) is 0. The van der Waals surface area contributed by atoms with Gasteiger partial charge in [0.1, 0.15) is 0 Å². The molecular formula is C30H35BrN2O2S2. The quantitative estimate of drug-likeness (QED) is 0.217. The van der Waals surface area contributed by atoms with Crippen molar-refractivity contribution in [3.05, 3.63) is 66.5 Å². The maximum Gasteiger partial charge on any atom is 0.261 e. The number of thiophene rings is 2. The van der Waals surface area contributed by atoms with Crippen molar-refractivity contribution in [2.75, 3.05) is 13.1 Å². The van der Waals surface area contributed by atoms with Crippen LogP contribution >= 0.6 is 38.6 Å². The Balaban J connectivity index is 1.61. The molecule has 1 unspecified atom stereocenters. The predicted molar refractivity (Wildman–Crippen MR) is 158 cm³/mol. The fourth-order valence-corrected chi connectivity index (χ4v) is 7.76. The first-order valence-corrected chi connectivity index (χ1v) is 16.0. The van der Waals surface area contributed by atoms with E-state index in [1.165, 1.54) is 0 Å². The molecule has 0 saturated heterocycles. The summed E-state index contributed by atoms with van der Waals surface area (Å²) in [5.41, 5.74) is 2.76. The lowest BCUT2D eigenvalue weighted by Gasteiger charge is -2.29. The Labute approximate surface area is 236 Å². The minimum Gasteiger partial charge on any atom is -0.306 e. The van der Waals surface area contributed by atoms with Crippen molar-refractivity contribution < 1.29 is 9.59 Å². The molecular weight excluding hydrogens is 564 g/mol. The van der Waals surface area contributed by atoms with Gasteiger partial charge in [0.05, 0.1) is 36.1 Å². The van der Waals surface area contributed by atoms with Crippen LogP contribution in [0.4, 0.5) is 0 Å². The van der Waals surface area contributed by atoms with Crippen LogP contribution in [0.15, 0.2) is 56.7 Å². The summed E-state index contributed by atoms with van der Waals surface area (Å²) >= 11 is 6.80. The van der Waals surface area contributed by atoms with E-state index in [4.69, 9.17) is 0 Å². The van der Waals surface area contributed by atoms with Crippen molar-refractivity contribution in [2.45, 2.75) is 65.7 Å². The highest BCUT2D eigenvalue weighted by atomic mass is 79.9. The van der Waals surface area contributed by atoms with Gasteiger partial charge < -0.3 is 9.80 Å². The fourth-order valence-electron chi connectivity index (χ4n) is 5.53. The first kappa shape index (κ1) is 26.6. The average molecular weight is 600 g/mol. The van der Waals surface area contributed by atoms with Gasteiger partial charge in [0, 0.05) is 18.5 Å². The number of amides is 2. The Morgan fingerprint density at radius 2 is 1.62 bits per heavy atom. The predicted octanol–water partition coefficient (Wildman–Crippen LogP) is 8.34. The average Bonchev–Trinajstić information content (AvgIpc) is 3.24. The van der Waals surface area contributed by atoms with Crippen molar-refractivity contribution in [1.29, 1.82) is 0 Å². The van der Waals surface area contributed by atoms with E-state index in [9.17, 15) is 9.59 Å². The van der Waals surface area contributed by atoms with Crippen LogP contribution in [0.5, 0.6) is 0 Å². The van der Waals surface area contributed by atoms with Crippen molar-refractivity contribution in [3.8, 4) is 0 Å². The molecule has 3 aliphatic rings. The van der Waals surface area contributed by atoms with Gasteiger partial charge in [0.15, 0.2) is 0 Å². The Morgan fingerprint density at radius 1 is 0.919 bits per heavy atom. The molecule has 0 saturated carbocycles. The van der Waals surface area contributed by atoms with E-state index in [2.05, 4.69) is 48.9 Å². The second-order valence-corrected chi connectivity index (χ2v) is 13.8. The van der Waals surface area contributed by atoms with E-state index in [1.807, 2.05) is 39.4 Å². The zero-order chi connectivity index (χ0) is 26.2. The molecule has 2 aliphatic heterocycles. The molecule has 196 valence electrons. The molecule has 5 rings (SSSR count). The number of carbonyl (C=O) groups excluding carboxylic acids is 2. The highest BCUT2D eigenvalue weighted by Gasteiger charge is 2.51. The number of rotatable bonds is 13. The highest BCUT2D eigenvalue weighted by Crippen LogP contribution is 2.51. The third kappa shape index (κ3) is 5.07. The third-order valence-electron chi connectivity index (χ3n) is 7.81. The first-order chi connectivity index (χ1) is 17.9. The molecule has 0 spiro atoms. The molecule has 4 nitrogen and oxygen atoms in total. The number of hydrogen-bond donors (Lipinski definition) is 0. The molecule has 4 heterocycles. The molecule has 37 heavy (non-hydrogen) atoms. The van der Waals surface area contributed by atoms with E-state index >= 15 is 0 Å². The summed E-state index contributed by atoms with van der Waals surface area (Å²) in [6.07, 6.45) is 12.2. The van der Waals surface area contributed by atoms with Crippen LogP contribution in [0.2, 0.25) is 0 Å². The largest absolute Gasteiger partial charge is 0.306 e. The van der Waals surface area contributed by atoms with E-state index in [0.29, 0.717) is 30.2 Å². The molecule has 2 aromatic rings. The molecule has 7 heteroatoms. The van der Waals surface area contributed by atoms with Gasteiger partial charge in [-0.1, -0.05) is 71.1 Å². The highest BCUT2D eigenvalue weighted by molar-refractivity contribution is 9.11. The summed E-state index contributed by atoms with van der Waals surface area (Å²) in [5.74, 6) is 0.368. The van der Waals surface area contributed by atoms with Gasteiger partial charge in [-0.2, -0.15) is 0 Å². The van der Waals surface area contributed by atoms with Crippen LogP contribution in [0.25, 0.3) is 11.4 Å². The van der Waals surface area contributed by atoms with Crippen molar-refractivity contribution in [1.82, 2.24) is 9.80 Å². The van der Waals surface area contributed by atoms with Gasteiger partial charge >= 0.3 is 0 Å². The Kier molecular flexibility index (Phi) is 7.94. The van der Waals surface area contributed by atoms with Crippen molar-refractivity contribution >= 4 is 61.8 Å². The fraction of sp³-hybridized carbons (Fsp3) is 0.467. The second kappa shape index (κ2) is 11.0. The van der Waals surface area contributed by atoms with Crippen molar-refractivity contribution in [3.63, 3.8) is 0 Å². The summed E-state index contributed by atoms with van der Waals surface area (Å²) in [6, 6.07) is 8.10. The van der Waals surface area contributed by atoms with Crippen LogP contribution in [0.1, 0.15) is 75.5 Å². The summed E-state index contributed by atoms with van der Waals surface area (Å²) in [5, 5.41) is 2.03. The van der Waals surface area contributed by atoms with Crippen LogP contribution in [-0.2, 0) is 9.59 Å². The van der Waals surface area contributed by atoms with E-state index in [-0.39, 0.29) is 17.2 Å². The summed E-state index contributed by atoms with van der Waals surface area (Å²) in [4.78, 5) is 34.4. The van der Waals surface area contributed by atoms with E-state index < -0.39 is 0 Å². The van der Waals surface area contributed by atoms with Gasteiger partial charge in [-0.15, -0.1) is 22.7 Å². The van der Waals surface area contributed by atoms with Gasteiger partial charge in [-0.05, 0) is 58.3 Å². The Bertz CT molecular complexity index is 1260.